The van der Waals surface area contributed by atoms with E-state index >= 15 is 0 Å². The van der Waals surface area contributed by atoms with Crippen molar-refractivity contribution in [3.8, 4) is 11.1 Å². The zero-order chi connectivity index (χ0) is 18.5. The van der Waals surface area contributed by atoms with Crippen molar-refractivity contribution in [2.45, 2.75) is 38.8 Å². The summed E-state index contributed by atoms with van der Waals surface area (Å²) in [4.78, 5) is 18.6. The van der Waals surface area contributed by atoms with Gasteiger partial charge in [0.15, 0.2) is 0 Å². The Bertz CT molecular complexity index is 1010. The summed E-state index contributed by atoms with van der Waals surface area (Å²) in [6, 6.07) is 8.88. The predicted octanol–water partition coefficient (Wildman–Crippen LogP) is 5.90. The number of alkyl halides is 3. The number of aryl methyl sites for hydroxylation is 3. The Labute approximate surface area is 152 Å². The molecule has 26 heavy (non-hydrogen) atoms. The molecule has 1 aromatic carbocycles. The van der Waals surface area contributed by atoms with Gasteiger partial charge >= 0.3 is 6.18 Å². The molecule has 2 aromatic heterocycles. The number of nitrogens with zero attached hydrogens (tertiary/aromatic N) is 1. The van der Waals surface area contributed by atoms with Gasteiger partial charge < -0.3 is 0 Å². The Morgan fingerprint density at radius 1 is 1.12 bits per heavy atom. The van der Waals surface area contributed by atoms with E-state index in [1.54, 1.807) is 35.6 Å². The zero-order valence-electron chi connectivity index (χ0n) is 14.1. The van der Waals surface area contributed by atoms with E-state index in [4.69, 9.17) is 0 Å². The fraction of sp³-hybridized carbons (Fsp3) is 0.300. The Morgan fingerprint density at radius 2 is 1.81 bits per heavy atom. The van der Waals surface area contributed by atoms with Crippen molar-refractivity contribution >= 4 is 27.3 Å². The molecule has 0 spiro atoms. The third-order valence-corrected chi connectivity index (χ3v) is 6.02. The number of carbonyl (C=O) groups is 1. The van der Waals surface area contributed by atoms with Crippen LogP contribution in [-0.4, -0.2) is 16.9 Å². The highest BCUT2D eigenvalue weighted by Crippen LogP contribution is 2.44. The highest BCUT2D eigenvalue weighted by atomic mass is 32.1. The van der Waals surface area contributed by atoms with E-state index in [0.717, 1.165) is 41.5 Å². The summed E-state index contributed by atoms with van der Waals surface area (Å²) >= 11 is 1.55. The standard InChI is InChI=1S/C20H16F3NOS/c1-11-15(18(25)20(21,22)23)16(12-7-3-2-4-8-12)17-13-9-5-6-10-14(13)26-19(17)24-11/h2-4,7-8H,5-6,9-10H2,1H3. The molecule has 1 aliphatic carbocycles. The van der Waals surface area contributed by atoms with E-state index in [1.165, 1.54) is 11.8 Å². The first-order valence-corrected chi connectivity index (χ1v) is 9.31. The van der Waals surface area contributed by atoms with Crippen LogP contribution in [0.2, 0.25) is 0 Å². The molecule has 0 unspecified atom stereocenters. The molecule has 134 valence electrons. The number of hydrogen-bond donors (Lipinski definition) is 0. The molecule has 0 fully saturated rings. The van der Waals surface area contributed by atoms with Crippen LogP contribution in [0.15, 0.2) is 30.3 Å². The highest BCUT2D eigenvalue weighted by Gasteiger charge is 2.42. The fourth-order valence-electron chi connectivity index (χ4n) is 3.72. The maximum atomic E-state index is 13.3. The first-order valence-electron chi connectivity index (χ1n) is 8.49. The normalized spacial score (nSPS) is 14.5. The lowest BCUT2D eigenvalue weighted by atomic mass is 9.88. The quantitative estimate of drug-likeness (QED) is 0.522. The number of pyridine rings is 1. The van der Waals surface area contributed by atoms with Crippen LogP contribution in [-0.2, 0) is 12.8 Å². The summed E-state index contributed by atoms with van der Waals surface area (Å²) in [6.07, 6.45) is -1.11. The van der Waals surface area contributed by atoms with Crippen LogP contribution in [0.1, 0.15) is 39.3 Å². The van der Waals surface area contributed by atoms with Crippen LogP contribution in [0.25, 0.3) is 21.3 Å². The Hall–Kier alpha value is -2.21. The summed E-state index contributed by atoms with van der Waals surface area (Å²) in [5.41, 5.74) is 1.90. The highest BCUT2D eigenvalue weighted by molar-refractivity contribution is 7.19. The van der Waals surface area contributed by atoms with Gasteiger partial charge in [0.2, 0.25) is 0 Å². The molecule has 0 atom stereocenters. The number of aromatic nitrogens is 1. The van der Waals surface area contributed by atoms with Crippen molar-refractivity contribution in [1.29, 1.82) is 0 Å². The second kappa shape index (κ2) is 6.20. The maximum Gasteiger partial charge on any atom is 0.454 e. The fourth-order valence-corrected chi connectivity index (χ4v) is 5.03. The average molecular weight is 375 g/mol. The van der Waals surface area contributed by atoms with Crippen molar-refractivity contribution in [3.63, 3.8) is 0 Å². The van der Waals surface area contributed by atoms with E-state index < -0.39 is 12.0 Å². The molecule has 0 bridgehead atoms. The molecule has 3 aromatic rings. The first-order chi connectivity index (χ1) is 12.4. The van der Waals surface area contributed by atoms with Gasteiger partial charge in [-0.3, -0.25) is 4.79 Å². The SMILES string of the molecule is Cc1nc2sc3c(c2c(-c2ccccc2)c1C(=O)C(F)(F)F)CCCC3. The van der Waals surface area contributed by atoms with Gasteiger partial charge in [-0.25, -0.2) is 4.98 Å². The van der Waals surface area contributed by atoms with Gasteiger partial charge in [0.1, 0.15) is 4.83 Å². The summed E-state index contributed by atoms with van der Waals surface area (Å²) in [6.45, 7) is 1.49. The largest absolute Gasteiger partial charge is 0.454 e. The summed E-state index contributed by atoms with van der Waals surface area (Å²) < 4.78 is 39.9. The van der Waals surface area contributed by atoms with Crippen LogP contribution in [0.3, 0.4) is 0 Å². The minimum Gasteiger partial charge on any atom is -0.284 e. The van der Waals surface area contributed by atoms with Crippen molar-refractivity contribution in [1.82, 2.24) is 4.98 Å². The number of ketones is 1. The predicted molar refractivity (Wildman–Crippen MR) is 96.8 cm³/mol. The van der Waals surface area contributed by atoms with Crippen molar-refractivity contribution in [2.24, 2.45) is 0 Å². The molecule has 0 amide bonds. The second-order valence-electron chi connectivity index (χ2n) is 6.53. The number of halogens is 3. The minimum atomic E-state index is -4.93. The summed E-state index contributed by atoms with van der Waals surface area (Å²) in [5.74, 6) is -1.82. The average Bonchev–Trinajstić information content (AvgIpc) is 2.97. The van der Waals surface area contributed by atoms with Gasteiger partial charge in [-0.15, -0.1) is 11.3 Å². The Morgan fingerprint density at radius 3 is 2.50 bits per heavy atom. The van der Waals surface area contributed by atoms with Crippen LogP contribution >= 0.6 is 11.3 Å². The van der Waals surface area contributed by atoms with Crippen LogP contribution in [0.5, 0.6) is 0 Å². The van der Waals surface area contributed by atoms with Gasteiger partial charge in [0.05, 0.1) is 11.3 Å². The lowest BCUT2D eigenvalue weighted by molar-refractivity contribution is -0.0885. The number of benzene rings is 1. The Balaban J connectivity index is 2.13. The smallest absolute Gasteiger partial charge is 0.284 e. The van der Waals surface area contributed by atoms with Crippen LogP contribution in [0, 0.1) is 6.92 Å². The van der Waals surface area contributed by atoms with E-state index in [2.05, 4.69) is 4.98 Å². The molecule has 6 heteroatoms. The lowest BCUT2D eigenvalue weighted by Gasteiger charge is -2.17. The molecule has 0 aliphatic heterocycles. The lowest BCUT2D eigenvalue weighted by Crippen LogP contribution is -2.25. The number of fused-ring (bicyclic) bond motifs is 3. The van der Waals surface area contributed by atoms with Gasteiger partial charge in [0, 0.05) is 15.8 Å². The topological polar surface area (TPSA) is 30.0 Å². The third-order valence-electron chi connectivity index (χ3n) is 4.83. The third kappa shape index (κ3) is 2.72. The molecule has 2 heterocycles. The van der Waals surface area contributed by atoms with Crippen LogP contribution in [0.4, 0.5) is 13.2 Å². The molecule has 0 radical (unpaired) electrons. The minimum absolute atomic E-state index is 0.136. The van der Waals surface area contributed by atoms with Gasteiger partial charge in [-0.1, -0.05) is 30.3 Å². The second-order valence-corrected chi connectivity index (χ2v) is 7.61. The van der Waals surface area contributed by atoms with Crippen molar-refractivity contribution < 1.29 is 18.0 Å². The molecule has 2 nitrogen and oxygen atoms in total. The monoisotopic (exact) mass is 375 g/mol. The molecule has 0 saturated heterocycles. The molecule has 0 N–H and O–H groups in total. The number of carbonyl (C=O) groups excluding carboxylic acids is 1. The van der Waals surface area contributed by atoms with E-state index in [0.29, 0.717) is 11.1 Å². The number of rotatable bonds is 2. The van der Waals surface area contributed by atoms with E-state index in [1.807, 2.05) is 6.07 Å². The maximum absolute atomic E-state index is 13.3. The summed E-state index contributed by atoms with van der Waals surface area (Å²) in [5, 5.41) is 0.731. The van der Waals surface area contributed by atoms with Crippen LogP contribution < -0.4 is 0 Å². The number of Topliss-reactive ketones (excluding diaryl/α,β-unsaturated/α-hetero) is 1. The van der Waals surface area contributed by atoms with Gasteiger partial charge in [-0.05, 0) is 43.7 Å². The van der Waals surface area contributed by atoms with Gasteiger partial charge in [0.25, 0.3) is 5.78 Å². The molecule has 0 saturated carbocycles. The number of hydrogen-bond acceptors (Lipinski definition) is 3. The van der Waals surface area contributed by atoms with Gasteiger partial charge in [-0.2, -0.15) is 13.2 Å². The van der Waals surface area contributed by atoms with Crippen molar-refractivity contribution in [2.75, 3.05) is 0 Å². The molecule has 4 rings (SSSR count). The van der Waals surface area contributed by atoms with E-state index in [-0.39, 0.29) is 11.3 Å². The van der Waals surface area contributed by atoms with E-state index in [9.17, 15) is 18.0 Å². The molecule has 1 aliphatic rings. The molecular weight excluding hydrogens is 359 g/mol. The Kier molecular flexibility index (Phi) is 4.10. The zero-order valence-corrected chi connectivity index (χ0v) is 14.9. The summed E-state index contributed by atoms with van der Waals surface area (Å²) in [7, 11) is 0. The first kappa shape index (κ1) is 17.2. The van der Waals surface area contributed by atoms with Crippen molar-refractivity contribution in [3.05, 3.63) is 52.0 Å². The molecular formula is C20H16F3NOS. The number of thiophene rings is 1.